The monoisotopic (exact) mass is 311 g/mol. The lowest BCUT2D eigenvalue weighted by Crippen LogP contribution is -2.13. The molecule has 0 fully saturated rings. The van der Waals surface area contributed by atoms with Crippen molar-refractivity contribution in [1.82, 2.24) is 9.78 Å². The van der Waals surface area contributed by atoms with Crippen molar-refractivity contribution in [3.05, 3.63) is 17.7 Å². The van der Waals surface area contributed by atoms with Gasteiger partial charge in [-0.3, -0.25) is 9.40 Å². The number of rotatable bonds is 3. The van der Waals surface area contributed by atoms with E-state index in [-0.39, 0.29) is 11.2 Å². The molecule has 0 aliphatic heterocycles. The lowest BCUT2D eigenvalue weighted by Gasteiger charge is -2.21. The Morgan fingerprint density at radius 3 is 2.38 bits per heavy atom. The van der Waals surface area contributed by atoms with Crippen LogP contribution in [0.3, 0.4) is 0 Å². The highest BCUT2D eigenvalue weighted by Crippen LogP contribution is 2.38. The predicted octanol–water partition coefficient (Wildman–Crippen LogP) is 2.25. The molecule has 1 aromatic carbocycles. The summed E-state index contributed by atoms with van der Waals surface area (Å²) in [4.78, 5) is 0. The smallest absolute Gasteiger partial charge is 0.231 e. The van der Waals surface area contributed by atoms with Gasteiger partial charge < -0.3 is 4.74 Å². The Morgan fingerprint density at radius 1 is 1.29 bits per heavy atom. The van der Waals surface area contributed by atoms with E-state index in [1.165, 1.54) is 0 Å². The number of nitrogens with one attached hydrogen (secondary N) is 1. The molecule has 0 amide bonds. The molecular weight excluding hydrogens is 290 g/mol. The van der Waals surface area contributed by atoms with Crippen LogP contribution < -0.4 is 9.46 Å². The summed E-state index contributed by atoms with van der Waals surface area (Å²) in [5.41, 5.74) is 1.85. The zero-order valence-electron chi connectivity index (χ0n) is 13.2. The molecule has 0 unspecified atom stereocenters. The Morgan fingerprint density at radius 2 is 1.90 bits per heavy atom. The van der Waals surface area contributed by atoms with E-state index < -0.39 is 10.0 Å². The van der Waals surface area contributed by atoms with Gasteiger partial charge in [-0.05, 0) is 17.0 Å². The molecule has 7 heteroatoms. The first-order valence-corrected chi connectivity index (χ1v) is 8.45. The van der Waals surface area contributed by atoms with E-state index in [1.54, 1.807) is 18.8 Å². The van der Waals surface area contributed by atoms with Gasteiger partial charge in [0.25, 0.3) is 0 Å². The Hall–Kier alpha value is -1.76. The minimum absolute atomic E-state index is 0.0966. The zero-order chi connectivity index (χ0) is 16.0. The zero-order valence-corrected chi connectivity index (χ0v) is 14.0. The maximum atomic E-state index is 11.5. The van der Waals surface area contributed by atoms with Crippen LogP contribution >= 0.6 is 0 Å². The molecule has 2 rings (SSSR count). The van der Waals surface area contributed by atoms with Crippen LogP contribution in [-0.2, 0) is 22.5 Å². The minimum atomic E-state index is -3.41. The molecule has 0 spiro atoms. The molecule has 116 valence electrons. The number of hydrogen-bond acceptors (Lipinski definition) is 4. The number of aryl methyl sites for hydroxylation is 1. The highest BCUT2D eigenvalue weighted by atomic mass is 32.2. The minimum Gasteiger partial charge on any atom is -0.496 e. The van der Waals surface area contributed by atoms with Crippen molar-refractivity contribution in [2.45, 2.75) is 26.2 Å². The summed E-state index contributed by atoms with van der Waals surface area (Å²) in [6.07, 6.45) is 1.10. The van der Waals surface area contributed by atoms with E-state index in [0.29, 0.717) is 11.1 Å². The average molecular weight is 311 g/mol. The van der Waals surface area contributed by atoms with Gasteiger partial charge in [-0.25, -0.2) is 8.42 Å². The van der Waals surface area contributed by atoms with E-state index in [9.17, 15) is 8.42 Å². The number of methoxy groups -OCH3 is 1. The number of benzene rings is 1. The second-order valence-electron chi connectivity index (χ2n) is 6.14. The van der Waals surface area contributed by atoms with E-state index >= 15 is 0 Å². The molecule has 0 aliphatic rings. The van der Waals surface area contributed by atoms with Gasteiger partial charge in [0.05, 0.1) is 24.3 Å². The summed E-state index contributed by atoms with van der Waals surface area (Å²) in [7, 11) is -0.0556. The molecule has 1 heterocycles. The van der Waals surface area contributed by atoms with Crippen molar-refractivity contribution in [3.63, 3.8) is 0 Å². The summed E-state index contributed by atoms with van der Waals surface area (Å²) in [5.74, 6) is 0.884. The molecule has 0 atom stereocenters. The van der Waals surface area contributed by atoms with Gasteiger partial charge in [-0.15, -0.1) is 0 Å². The highest BCUT2D eigenvalue weighted by Gasteiger charge is 2.24. The average Bonchev–Trinajstić information content (AvgIpc) is 2.62. The standard InChI is InChI=1S/C14H21N3O3S/c1-14(2,3)9-7-8-10(20-5)11-12(9)17(4)15-13(11)16-21(6,18)19/h7-8H,1-6H3,(H,15,16). The number of fused-ring (bicyclic) bond motifs is 1. The molecule has 1 N–H and O–H groups in total. The van der Waals surface area contributed by atoms with Gasteiger partial charge in [-0.1, -0.05) is 26.8 Å². The maximum absolute atomic E-state index is 11.5. The lowest BCUT2D eigenvalue weighted by molar-refractivity contribution is 0.419. The third kappa shape index (κ3) is 2.97. The Balaban J connectivity index is 2.86. The topological polar surface area (TPSA) is 73.2 Å². The van der Waals surface area contributed by atoms with Crippen molar-refractivity contribution in [2.24, 2.45) is 7.05 Å². The fraction of sp³-hybridized carbons (Fsp3) is 0.500. The van der Waals surface area contributed by atoms with Crippen LogP contribution in [0.1, 0.15) is 26.3 Å². The quantitative estimate of drug-likeness (QED) is 0.943. The largest absolute Gasteiger partial charge is 0.496 e. The fourth-order valence-electron chi connectivity index (χ4n) is 2.41. The molecule has 0 saturated heterocycles. The van der Waals surface area contributed by atoms with Crippen LogP contribution in [0.5, 0.6) is 5.75 Å². The molecule has 0 aliphatic carbocycles. The van der Waals surface area contributed by atoms with E-state index in [2.05, 4.69) is 30.6 Å². The molecule has 0 radical (unpaired) electrons. The second-order valence-corrected chi connectivity index (χ2v) is 7.88. The molecule has 21 heavy (non-hydrogen) atoms. The normalized spacial score (nSPS) is 12.7. The number of ether oxygens (including phenoxy) is 1. The molecule has 6 nitrogen and oxygen atoms in total. The number of aromatic nitrogens is 2. The van der Waals surface area contributed by atoms with Gasteiger partial charge in [0.1, 0.15) is 5.75 Å². The van der Waals surface area contributed by atoms with E-state index in [1.807, 2.05) is 12.1 Å². The summed E-state index contributed by atoms with van der Waals surface area (Å²) in [5, 5.41) is 4.98. The second kappa shape index (κ2) is 4.91. The predicted molar refractivity (Wildman–Crippen MR) is 84.4 cm³/mol. The van der Waals surface area contributed by atoms with Gasteiger partial charge >= 0.3 is 0 Å². The van der Waals surface area contributed by atoms with E-state index in [4.69, 9.17) is 4.74 Å². The number of sulfonamides is 1. The van der Waals surface area contributed by atoms with Crippen molar-refractivity contribution >= 4 is 26.7 Å². The Bertz CT molecular complexity index is 786. The van der Waals surface area contributed by atoms with Crippen molar-refractivity contribution in [1.29, 1.82) is 0 Å². The first kappa shape index (κ1) is 15.6. The van der Waals surface area contributed by atoms with Crippen LogP contribution in [0.4, 0.5) is 5.82 Å². The van der Waals surface area contributed by atoms with E-state index in [0.717, 1.165) is 17.3 Å². The van der Waals surface area contributed by atoms with Crippen LogP contribution in [0.15, 0.2) is 12.1 Å². The van der Waals surface area contributed by atoms with Crippen molar-refractivity contribution in [3.8, 4) is 5.75 Å². The van der Waals surface area contributed by atoms with Crippen molar-refractivity contribution < 1.29 is 13.2 Å². The van der Waals surface area contributed by atoms with Gasteiger partial charge in [0, 0.05) is 7.05 Å². The number of anilines is 1. The molecule has 0 saturated carbocycles. The molecule has 0 bridgehead atoms. The summed E-state index contributed by atoms with van der Waals surface area (Å²) < 4.78 is 32.6. The van der Waals surface area contributed by atoms with Crippen LogP contribution in [0, 0.1) is 0 Å². The summed E-state index contributed by atoms with van der Waals surface area (Å²) in [6.45, 7) is 6.31. The first-order chi connectivity index (χ1) is 9.54. The fourth-order valence-corrected chi connectivity index (χ4v) is 2.90. The van der Waals surface area contributed by atoms with Gasteiger partial charge in [0.2, 0.25) is 10.0 Å². The highest BCUT2D eigenvalue weighted by molar-refractivity contribution is 7.92. The molecule has 1 aromatic heterocycles. The molecular formula is C14H21N3O3S. The number of nitrogens with zero attached hydrogens (tertiary/aromatic N) is 2. The van der Waals surface area contributed by atoms with Crippen LogP contribution in [-0.4, -0.2) is 31.6 Å². The van der Waals surface area contributed by atoms with Gasteiger partial charge in [-0.2, -0.15) is 5.10 Å². The Labute approximate surface area is 125 Å². The van der Waals surface area contributed by atoms with Crippen LogP contribution in [0.25, 0.3) is 10.9 Å². The van der Waals surface area contributed by atoms with Gasteiger partial charge in [0.15, 0.2) is 5.82 Å². The lowest BCUT2D eigenvalue weighted by atomic mass is 9.85. The summed E-state index contributed by atoms with van der Waals surface area (Å²) >= 11 is 0. The SMILES string of the molecule is COc1ccc(C(C)(C)C)c2c1c(NS(C)(=O)=O)nn2C. The maximum Gasteiger partial charge on any atom is 0.231 e. The van der Waals surface area contributed by atoms with Crippen molar-refractivity contribution in [2.75, 3.05) is 18.1 Å². The number of hydrogen-bond donors (Lipinski definition) is 1. The Kier molecular flexibility index (Phi) is 3.65. The summed E-state index contributed by atoms with van der Waals surface area (Å²) in [6, 6.07) is 3.84. The third-order valence-corrected chi connectivity index (χ3v) is 3.82. The van der Waals surface area contributed by atoms with Crippen LogP contribution in [0.2, 0.25) is 0 Å². The third-order valence-electron chi connectivity index (χ3n) is 3.26. The first-order valence-electron chi connectivity index (χ1n) is 6.56. The molecule has 2 aromatic rings.